The van der Waals surface area contributed by atoms with Crippen molar-refractivity contribution in [2.24, 2.45) is 40.4 Å². The molecule has 2 nitrogen and oxygen atoms in total. The summed E-state index contributed by atoms with van der Waals surface area (Å²) in [5.74, 6) is 4.07. The van der Waals surface area contributed by atoms with Crippen molar-refractivity contribution in [3.8, 4) is 0 Å². The first-order chi connectivity index (χ1) is 16.4. The summed E-state index contributed by atoms with van der Waals surface area (Å²) in [6, 6.07) is 15.4. The predicted molar refractivity (Wildman–Crippen MR) is 143 cm³/mol. The lowest BCUT2D eigenvalue weighted by atomic mass is 9.47. The molecule has 182 valence electrons. The monoisotopic (exact) mass is 457 g/mol. The van der Waals surface area contributed by atoms with Crippen molar-refractivity contribution in [1.82, 2.24) is 0 Å². The van der Waals surface area contributed by atoms with Gasteiger partial charge < -0.3 is 10.4 Å². The van der Waals surface area contributed by atoms with Crippen molar-refractivity contribution >= 4 is 16.5 Å². The van der Waals surface area contributed by atoms with Gasteiger partial charge in [0.2, 0.25) is 0 Å². The van der Waals surface area contributed by atoms with Crippen LogP contribution in [0.3, 0.4) is 0 Å². The van der Waals surface area contributed by atoms with Gasteiger partial charge in [0.15, 0.2) is 0 Å². The number of allylic oxidation sites excluding steroid dienone is 1. The minimum atomic E-state index is -0.100. The van der Waals surface area contributed by atoms with Crippen LogP contribution in [0.4, 0.5) is 5.69 Å². The molecule has 3 fully saturated rings. The largest absolute Gasteiger partial charge is 0.393 e. The van der Waals surface area contributed by atoms with E-state index in [1.807, 2.05) is 0 Å². The second kappa shape index (κ2) is 8.40. The standard InChI is InChI=1S/C32H43NO/c1-21(20-33-25-10-8-22-6-4-5-7-23(22)18-25)28-12-13-29-27-11-9-24-19-26(34)14-16-31(24,2)30(27)15-17-32(28,29)3/h4-10,18,21,26-30,33-34H,11-17,19-20H2,1-3H3/t21-,26+,27+,28-,29+,30+,31+,32-/m1/s1. The van der Waals surface area contributed by atoms with E-state index in [0.29, 0.717) is 16.7 Å². The average molecular weight is 458 g/mol. The lowest BCUT2D eigenvalue weighted by molar-refractivity contribution is -0.0559. The molecule has 2 aromatic rings. The van der Waals surface area contributed by atoms with Crippen molar-refractivity contribution < 1.29 is 5.11 Å². The van der Waals surface area contributed by atoms with Crippen LogP contribution in [0.2, 0.25) is 0 Å². The van der Waals surface area contributed by atoms with Crippen LogP contribution in [-0.4, -0.2) is 17.8 Å². The van der Waals surface area contributed by atoms with Crippen LogP contribution in [0.15, 0.2) is 54.1 Å². The molecule has 3 saturated carbocycles. The Morgan fingerprint density at radius 3 is 2.65 bits per heavy atom. The van der Waals surface area contributed by atoms with Gasteiger partial charge in [-0.2, -0.15) is 0 Å². The van der Waals surface area contributed by atoms with E-state index >= 15 is 0 Å². The SMILES string of the molecule is C[C@H](CNc1ccc2ccccc2c1)[C@H]1CC[C@H]2[C@@H]3CC=C4C[C@@H](O)CC[C@]4(C)[C@H]3CC[C@]12C. The topological polar surface area (TPSA) is 32.3 Å². The molecule has 0 unspecified atom stereocenters. The number of aliphatic hydroxyl groups is 1. The maximum atomic E-state index is 10.3. The van der Waals surface area contributed by atoms with Crippen molar-refractivity contribution in [1.29, 1.82) is 0 Å². The third kappa shape index (κ3) is 3.55. The second-order valence-electron chi connectivity index (χ2n) is 12.8. The Kier molecular flexibility index (Phi) is 5.60. The molecule has 0 aromatic heterocycles. The number of anilines is 1. The highest BCUT2D eigenvalue weighted by Crippen LogP contribution is 2.67. The minimum absolute atomic E-state index is 0.100. The van der Waals surface area contributed by atoms with Crippen LogP contribution in [-0.2, 0) is 0 Å². The van der Waals surface area contributed by atoms with E-state index in [9.17, 15) is 5.11 Å². The van der Waals surface area contributed by atoms with Gasteiger partial charge in [-0.3, -0.25) is 0 Å². The molecule has 0 bridgehead atoms. The second-order valence-corrected chi connectivity index (χ2v) is 12.8. The lowest BCUT2D eigenvalue weighted by Crippen LogP contribution is -2.51. The first-order valence-corrected chi connectivity index (χ1v) is 14.0. The zero-order valence-corrected chi connectivity index (χ0v) is 21.4. The molecule has 0 radical (unpaired) electrons. The third-order valence-corrected chi connectivity index (χ3v) is 11.2. The molecule has 2 N–H and O–H groups in total. The van der Waals surface area contributed by atoms with Gasteiger partial charge in [0, 0.05) is 12.2 Å². The highest BCUT2D eigenvalue weighted by atomic mass is 16.3. The van der Waals surface area contributed by atoms with Crippen LogP contribution in [0.1, 0.15) is 72.1 Å². The van der Waals surface area contributed by atoms with E-state index in [2.05, 4.69) is 74.6 Å². The fraction of sp³-hybridized carbons (Fsp3) is 0.625. The van der Waals surface area contributed by atoms with Crippen LogP contribution in [0, 0.1) is 40.4 Å². The minimum Gasteiger partial charge on any atom is -0.393 e. The predicted octanol–water partition coefficient (Wildman–Crippen LogP) is 7.83. The van der Waals surface area contributed by atoms with Crippen molar-refractivity contribution in [2.75, 3.05) is 11.9 Å². The summed E-state index contributed by atoms with van der Waals surface area (Å²) < 4.78 is 0. The maximum absolute atomic E-state index is 10.3. The van der Waals surface area contributed by atoms with Gasteiger partial charge in [-0.15, -0.1) is 0 Å². The fourth-order valence-electron chi connectivity index (χ4n) is 9.34. The molecule has 4 aliphatic carbocycles. The highest BCUT2D eigenvalue weighted by Gasteiger charge is 2.59. The molecule has 2 heteroatoms. The zero-order chi connectivity index (χ0) is 23.5. The van der Waals surface area contributed by atoms with Gasteiger partial charge in [-0.1, -0.05) is 62.8 Å². The van der Waals surface area contributed by atoms with Crippen LogP contribution in [0.25, 0.3) is 10.8 Å². The fourth-order valence-corrected chi connectivity index (χ4v) is 9.34. The molecule has 2 aromatic carbocycles. The van der Waals surface area contributed by atoms with Gasteiger partial charge in [0.1, 0.15) is 0 Å². The van der Waals surface area contributed by atoms with Gasteiger partial charge in [0.25, 0.3) is 0 Å². The zero-order valence-electron chi connectivity index (χ0n) is 21.4. The van der Waals surface area contributed by atoms with Crippen molar-refractivity contribution in [2.45, 2.75) is 78.2 Å². The molecule has 0 saturated heterocycles. The van der Waals surface area contributed by atoms with E-state index in [1.54, 1.807) is 5.57 Å². The van der Waals surface area contributed by atoms with Gasteiger partial charge in [-0.25, -0.2) is 0 Å². The Labute approximate surface area is 206 Å². The Morgan fingerprint density at radius 2 is 1.79 bits per heavy atom. The van der Waals surface area contributed by atoms with E-state index in [0.717, 1.165) is 43.1 Å². The maximum Gasteiger partial charge on any atom is 0.0577 e. The van der Waals surface area contributed by atoms with E-state index in [-0.39, 0.29) is 6.10 Å². The first kappa shape index (κ1) is 22.7. The Bertz CT molecular complexity index is 1090. The summed E-state index contributed by atoms with van der Waals surface area (Å²) in [6.45, 7) is 8.78. The number of aliphatic hydroxyl groups excluding tert-OH is 1. The average Bonchev–Trinajstić information content (AvgIpc) is 3.20. The number of hydrogen-bond acceptors (Lipinski definition) is 2. The van der Waals surface area contributed by atoms with E-state index < -0.39 is 0 Å². The number of benzene rings is 2. The highest BCUT2D eigenvalue weighted by molar-refractivity contribution is 5.85. The summed E-state index contributed by atoms with van der Waals surface area (Å²) in [6.07, 6.45) is 12.5. The smallest absolute Gasteiger partial charge is 0.0577 e. The van der Waals surface area contributed by atoms with Crippen molar-refractivity contribution in [3.63, 3.8) is 0 Å². The summed E-state index contributed by atoms with van der Waals surface area (Å²) in [7, 11) is 0. The molecule has 4 aliphatic rings. The van der Waals surface area contributed by atoms with E-state index in [4.69, 9.17) is 0 Å². The van der Waals surface area contributed by atoms with Gasteiger partial charge in [-0.05, 0) is 115 Å². The first-order valence-electron chi connectivity index (χ1n) is 14.0. The van der Waals surface area contributed by atoms with E-state index in [1.165, 1.54) is 55.0 Å². The molecule has 6 rings (SSSR count). The van der Waals surface area contributed by atoms with Crippen molar-refractivity contribution in [3.05, 3.63) is 54.1 Å². The third-order valence-electron chi connectivity index (χ3n) is 11.2. The normalized spacial score (nSPS) is 40.1. The van der Waals surface area contributed by atoms with Crippen LogP contribution < -0.4 is 5.32 Å². The summed E-state index contributed by atoms with van der Waals surface area (Å²) in [5, 5.41) is 16.7. The lowest BCUT2D eigenvalue weighted by Gasteiger charge is -2.58. The summed E-state index contributed by atoms with van der Waals surface area (Å²) in [4.78, 5) is 0. The quantitative estimate of drug-likeness (QED) is 0.459. The summed E-state index contributed by atoms with van der Waals surface area (Å²) >= 11 is 0. The Balaban J connectivity index is 1.16. The molecule has 0 heterocycles. The van der Waals surface area contributed by atoms with Gasteiger partial charge in [0.05, 0.1) is 6.10 Å². The number of fused-ring (bicyclic) bond motifs is 6. The molecular weight excluding hydrogens is 414 g/mol. The molecule has 34 heavy (non-hydrogen) atoms. The molecule has 0 spiro atoms. The molecule has 8 atom stereocenters. The molecule has 0 aliphatic heterocycles. The Hall–Kier alpha value is -1.80. The summed E-state index contributed by atoms with van der Waals surface area (Å²) in [5.41, 5.74) is 3.69. The molecule has 0 amide bonds. The van der Waals surface area contributed by atoms with Gasteiger partial charge >= 0.3 is 0 Å². The van der Waals surface area contributed by atoms with Crippen LogP contribution >= 0.6 is 0 Å². The van der Waals surface area contributed by atoms with Crippen LogP contribution in [0.5, 0.6) is 0 Å². The molecular formula is C32H43NO. The number of rotatable bonds is 4. The number of hydrogen-bond donors (Lipinski definition) is 2. The number of nitrogens with one attached hydrogen (secondary N) is 1. The Morgan fingerprint density at radius 1 is 0.971 bits per heavy atom.